The molecule has 1 rings (SSSR count). The van der Waals surface area contributed by atoms with Crippen LogP contribution >= 0.6 is 0 Å². The van der Waals surface area contributed by atoms with E-state index in [9.17, 15) is 15.0 Å². The summed E-state index contributed by atoms with van der Waals surface area (Å²) in [6, 6.07) is 1.64. The van der Waals surface area contributed by atoms with E-state index in [1.54, 1.807) is 0 Å². The van der Waals surface area contributed by atoms with Gasteiger partial charge in [-0.3, -0.25) is 4.79 Å². The van der Waals surface area contributed by atoms with Crippen LogP contribution in [0.1, 0.15) is 5.56 Å². The number of hydrogen-bond donors (Lipinski definition) is 4. The van der Waals surface area contributed by atoms with Crippen molar-refractivity contribution in [2.24, 2.45) is 5.73 Å². The summed E-state index contributed by atoms with van der Waals surface area (Å²) >= 11 is 0. The maximum absolute atomic E-state index is 11.0. The highest BCUT2D eigenvalue weighted by Crippen LogP contribution is 2.37. The highest BCUT2D eigenvalue weighted by molar-refractivity contribution is 5.76. The van der Waals surface area contributed by atoms with Gasteiger partial charge < -0.3 is 25.8 Å². The summed E-state index contributed by atoms with van der Waals surface area (Å²) in [5, 5.41) is 27.8. The van der Waals surface area contributed by atoms with Crippen LogP contribution in [0, 0.1) is 0 Å². The minimum atomic E-state index is -0.931. The zero-order valence-electron chi connectivity index (χ0n) is 8.67. The smallest absolute Gasteiger partial charge is 0.322 e. The minimum absolute atomic E-state index is 0.00630. The van der Waals surface area contributed by atoms with Gasteiger partial charge in [0.25, 0.3) is 0 Å². The summed E-state index contributed by atoms with van der Waals surface area (Å²) in [5.74, 6) is -2.17. The molecule has 1 unspecified atom stereocenters. The Morgan fingerprint density at radius 1 is 1.38 bits per heavy atom. The first-order valence-electron chi connectivity index (χ1n) is 4.53. The molecule has 0 fully saturated rings. The normalized spacial score (nSPS) is 12.1. The van der Waals surface area contributed by atoms with Crippen LogP contribution in [0.5, 0.6) is 17.2 Å². The van der Waals surface area contributed by atoms with Crippen LogP contribution in [0.3, 0.4) is 0 Å². The monoisotopic (exact) mass is 227 g/mol. The molecule has 0 bridgehead atoms. The number of phenols is 3. The summed E-state index contributed by atoms with van der Waals surface area (Å²) in [6.45, 7) is 0. The van der Waals surface area contributed by atoms with Crippen LogP contribution < -0.4 is 5.73 Å². The predicted molar refractivity (Wildman–Crippen MR) is 55.1 cm³/mol. The SMILES string of the molecule is COC(=O)C(N)Cc1ccc(O)c(O)c1O. The molecule has 0 spiro atoms. The van der Waals surface area contributed by atoms with Crippen LogP contribution in [0.2, 0.25) is 0 Å². The molecule has 1 aromatic rings. The molecular weight excluding hydrogens is 214 g/mol. The summed E-state index contributed by atoms with van der Waals surface area (Å²) in [7, 11) is 1.20. The van der Waals surface area contributed by atoms with Gasteiger partial charge in [-0.25, -0.2) is 0 Å². The van der Waals surface area contributed by atoms with E-state index in [0.29, 0.717) is 0 Å². The van der Waals surface area contributed by atoms with E-state index >= 15 is 0 Å². The molecular formula is C10H13NO5. The van der Waals surface area contributed by atoms with Crippen LogP contribution in [0.4, 0.5) is 0 Å². The number of esters is 1. The van der Waals surface area contributed by atoms with Gasteiger partial charge in [0, 0.05) is 12.0 Å². The van der Waals surface area contributed by atoms with E-state index in [1.165, 1.54) is 19.2 Å². The number of phenolic OH excluding ortho intramolecular Hbond substituents is 3. The maximum Gasteiger partial charge on any atom is 0.322 e. The number of aromatic hydroxyl groups is 3. The first-order chi connectivity index (χ1) is 7.47. The molecule has 0 aliphatic rings. The molecule has 0 aliphatic heterocycles. The Morgan fingerprint density at radius 2 is 2.00 bits per heavy atom. The minimum Gasteiger partial charge on any atom is -0.504 e. The Labute approximate surface area is 91.9 Å². The first kappa shape index (κ1) is 12.1. The van der Waals surface area contributed by atoms with Gasteiger partial charge in [-0.1, -0.05) is 6.07 Å². The van der Waals surface area contributed by atoms with E-state index in [-0.39, 0.29) is 12.0 Å². The fraction of sp³-hybridized carbons (Fsp3) is 0.300. The Hall–Kier alpha value is -1.95. The molecule has 6 nitrogen and oxygen atoms in total. The molecule has 5 N–H and O–H groups in total. The number of carbonyl (C=O) groups excluding carboxylic acids is 1. The van der Waals surface area contributed by atoms with Crippen LogP contribution in [0.15, 0.2) is 12.1 Å². The van der Waals surface area contributed by atoms with Crippen molar-refractivity contribution in [3.8, 4) is 17.2 Å². The average molecular weight is 227 g/mol. The Kier molecular flexibility index (Phi) is 3.57. The second kappa shape index (κ2) is 4.71. The Bertz CT molecular complexity index is 404. The molecule has 88 valence electrons. The van der Waals surface area contributed by atoms with Crippen molar-refractivity contribution in [3.63, 3.8) is 0 Å². The molecule has 0 saturated heterocycles. The largest absolute Gasteiger partial charge is 0.504 e. The summed E-state index contributed by atoms with van der Waals surface area (Å²) < 4.78 is 4.42. The third-order valence-corrected chi connectivity index (χ3v) is 2.16. The van der Waals surface area contributed by atoms with Crippen molar-refractivity contribution in [3.05, 3.63) is 17.7 Å². The van der Waals surface area contributed by atoms with E-state index < -0.39 is 29.3 Å². The van der Waals surface area contributed by atoms with E-state index in [1.807, 2.05) is 0 Å². The number of rotatable bonds is 3. The van der Waals surface area contributed by atoms with Gasteiger partial charge in [0.2, 0.25) is 5.75 Å². The fourth-order valence-corrected chi connectivity index (χ4v) is 1.25. The lowest BCUT2D eigenvalue weighted by molar-refractivity contribution is -0.142. The summed E-state index contributed by atoms with van der Waals surface area (Å²) in [6.07, 6.45) is 0.00630. The highest BCUT2D eigenvalue weighted by atomic mass is 16.5. The predicted octanol–water partition coefficient (Wildman–Crippen LogP) is -0.154. The molecule has 6 heteroatoms. The van der Waals surface area contributed by atoms with Crippen molar-refractivity contribution in [1.29, 1.82) is 0 Å². The molecule has 0 radical (unpaired) electrons. The zero-order valence-corrected chi connectivity index (χ0v) is 8.67. The van der Waals surface area contributed by atoms with Crippen molar-refractivity contribution in [2.45, 2.75) is 12.5 Å². The lowest BCUT2D eigenvalue weighted by atomic mass is 10.0. The van der Waals surface area contributed by atoms with E-state index in [0.717, 1.165) is 0 Å². The molecule has 0 heterocycles. The molecule has 16 heavy (non-hydrogen) atoms. The van der Waals surface area contributed by atoms with Gasteiger partial charge in [-0.05, 0) is 6.07 Å². The quantitative estimate of drug-likeness (QED) is 0.422. The lowest BCUT2D eigenvalue weighted by Crippen LogP contribution is -2.33. The van der Waals surface area contributed by atoms with Crippen molar-refractivity contribution < 1.29 is 24.9 Å². The van der Waals surface area contributed by atoms with Gasteiger partial charge in [-0.2, -0.15) is 0 Å². The number of methoxy groups -OCH3 is 1. The topological polar surface area (TPSA) is 113 Å². The number of benzene rings is 1. The van der Waals surface area contributed by atoms with Gasteiger partial charge >= 0.3 is 5.97 Å². The van der Waals surface area contributed by atoms with Crippen molar-refractivity contribution in [1.82, 2.24) is 0 Å². The zero-order chi connectivity index (χ0) is 12.3. The third kappa shape index (κ3) is 2.34. The van der Waals surface area contributed by atoms with Crippen LogP contribution in [-0.4, -0.2) is 34.4 Å². The molecule has 1 atom stereocenters. The molecule has 0 saturated carbocycles. The van der Waals surface area contributed by atoms with E-state index in [4.69, 9.17) is 10.8 Å². The standard InChI is InChI=1S/C10H13NO5/c1-16-10(15)6(11)4-5-2-3-7(12)9(14)8(5)13/h2-3,6,12-14H,4,11H2,1H3. The lowest BCUT2D eigenvalue weighted by Gasteiger charge is -2.11. The number of hydrogen-bond acceptors (Lipinski definition) is 6. The molecule has 1 aromatic carbocycles. The van der Waals surface area contributed by atoms with Gasteiger partial charge in [0.15, 0.2) is 11.5 Å². The van der Waals surface area contributed by atoms with Crippen LogP contribution in [-0.2, 0) is 16.0 Å². The van der Waals surface area contributed by atoms with Crippen molar-refractivity contribution in [2.75, 3.05) is 7.11 Å². The fourth-order valence-electron chi connectivity index (χ4n) is 1.25. The van der Waals surface area contributed by atoms with Gasteiger partial charge in [0.05, 0.1) is 7.11 Å². The van der Waals surface area contributed by atoms with Crippen LogP contribution in [0.25, 0.3) is 0 Å². The summed E-state index contributed by atoms with van der Waals surface area (Å²) in [4.78, 5) is 11.0. The highest BCUT2D eigenvalue weighted by Gasteiger charge is 2.18. The molecule has 0 amide bonds. The molecule has 0 aromatic heterocycles. The average Bonchev–Trinajstić information content (AvgIpc) is 2.28. The Balaban J connectivity index is 2.90. The van der Waals surface area contributed by atoms with E-state index in [2.05, 4.69) is 4.74 Å². The maximum atomic E-state index is 11.0. The van der Waals surface area contributed by atoms with Crippen molar-refractivity contribution >= 4 is 5.97 Å². The number of nitrogens with two attached hydrogens (primary N) is 1. The van der Waals surface area contributed by atoms with Gasteiger partial charge in [-0.15, -0.1) is 0 Å². The summed E-state index contributed by atoms with van der Waals surface area (Å²) in [5.41, 5.74) is 5.74. The number of carbonyl (C=O) groups is 1. The Morgan fingerprint density at radius 3 is 2.56 bits per heavy atom. The third-order valence-electron chi connectivity index (χ3n) is 2.16. The second-order valence-electron chi connectivity index (χ2n) is 3.27. The van der Waals surface area contributed by atoms with Gasteiger partial charge in [0.1, 0.15) is 6.04 Å². The number of ether oxygens (including phenoxy) is 1. The second-order valence-corrected chi connectivity index (χ2v) is 3.27. The first-order valence-corrected chi connectivity index (χ1v) is 4.53. The molecule has 0 aliphatic carbocycles.